The van der Waals surface area contributed by atoms with Crippen molar-refractivity contribution in [3.8, 4) is 0 Å². The maximum absolute atomic E-state index is 4.88. The molecule has 0 aromatic carbocycles. The first-order valence-electron chi connectivity index (χ1n) is 3.10. The van der Waals surface area contributed by atoms with Crippen LogP contribution in [0, 0.1) is 0 Å². The molecule has 0 aliphatic heterocycles. The first-order chi connectivity index (χ1) is 5.35. The van der Waals surface area contributed by atoms with Crippen LogP contribution in [0.4, 0.5) is 0 Å². The van der Waals surface area contributed by atoms with Crippen molar-refractivity contribution in [3.05, 3.63) is 38.5 Å². The van der Waals surface area contributed by atoms with E-state index in [1.54, 1.807) is 0 Å². The maximum atomic E-state index is 4.88. The molecule has 0 unspecified atom stereocenters. The van der Waals surface area contributed by atoms with E-state index in [2.05, 4.69) is 19.7 Å². The minimum Gasteiger partial charge on any atom is -0.494 e. The van der Waals surface area contributed by atoms with Crippen molar-refractivity contribution in [2.45, 2.75) is 6.29 Å². The molecule has 0 N–H and O–H groups in total. The predicted octanol–water partition coefficient (Wildman–Crippen LogP) is 1.79. The summed E-state index contributed by atoms with van der Waals surface area (Å²) in [7, 11) is 0. The van der Waals surface area contributed by atoms with Gasteiger partial charge in [-0.1, -0.05) is 19.7 Å². The molecule has 0 spiro atoms. The highest BCUT2D eigenvalue weighted by molar-refractivity contribution is 4.59. The Bertz CT molecular complexity index is 121. The summed E-state index contributed by atoms with van der Waals surface area (Å²) in [6.45, 7) is 10.4. The lowest BCUT2D eigenvalue weighted by Gasteiger charge is -2.14. The van der Waals surface area contributed by atoms with E-state index in [0.29, 0.717) is 0 Å². The molecule has 0 aliphatic rings. The van der Waals surface area contributed by atoms with Crippen LogP contribution in [-0.4, -0.2) is 12.9 Å². The largest absolute Gasteiger partial charge is 0.494 e. The molecule has 0 rings (SSSR count). The summed E-state index contributed by atoms with van der Waals surface area (Å²) in [4.78, 5) is 0. The second-order valence-electron chi connectivity index (χ2n) is 1.54. The molecule has 0 atom stereocenters. The molecule has 0 saturated heterocycles. The zero-order valence-electron chi connectivity index (χ0n) is 6.36. The normalized spacial score (nSPS) is 8.45. The van der Waals surface area contributed by atoms with Gasteiger partial charge in [-0.15, -0.1) is 0 Å². The first-order valence-corrected chi connectivity index (χ1v) is 3.10. The average Bonchev–Trinajstić information content (AvgIpc) is 2.01. The van der Waals surface area contributed by atoms with Crippen molar-refractivity contribution in [1.29, 1.82) is 0 Å². The smallest absolute Gasteiger partial charge is 0.273 e. The van der Waals surface area contributed by atoms with Gasteiger partial charge >= 0.3 is 0 Å². The van der Waals surface area contributed by atoms with Crippen molar-refractivity contribution in [2.75, 3.05) is 6.61 Å². The molecule has 0 fully saturated rings. The van der Waals surface area contributed by atoms with Crippen molar-refractivity contribution in [1.82, 2.24) is 0 Å². The second kappa shape index (κ2) is 6.74. The fourth-order valence-corrected chi connectivity index (χ4v) is 0.472. The van der Waals surface area contributed by atoms with Crippen LogP contribution in [0.15, 0.2) is 38.5 Å². The molecule has 62 valence electrons. The van der Waals surface area contributed by atoms with E-state index >= 15 is 0 Å². The molecule has 0 aliphatic carbocycles. The molecule has 0 heterocycles. The van der Waals surface area contributed by atoms with Crippen molar-refractivity contribution in [2.24, 2.45) is 0 Å². The molecular formula is C8H12O3. The van der Waals surface area contributed by atoms with Crippen LogP contribution < -0.4 is 0 Å². The molecule has 3 nitrogen and oxygen atoms in total. The third-order valence-electron chi connectivity index (χ3n) is 0.846. The van der Waals surface area contributed by atoms with Gasteiger partial charge in [0.25, 0.3) is 6.29 Å². The van der Waals surface area contributed by atoms with Crippen molar-refractivity contribution in [3.63, 3.8) is 0 Å². The minimum atomic E-state index is -0.497. The Morgan fingerprint density at radius 2 is 1.55 bits per heavy atom. The van der Waals surface area contributed by atoms with E-state index < -0.39 is 6.29 Å². The van der Waals surface area contributed by atoms with E-state index in [1.165, 1.54) is 18.8 Å². The zero-order valence-corrected chi connectivity index (χ0v) is 6.36. The second-order valence-corrected chi connectivity index (χ2v) is 1.54. The highest BCUT2D eigenvalue weighted by Gasteiger charge is 2.05. The molecule has 11 heavy (non-hydrogen) atoms. The summed E-state index contributed by atoms with van der Waals surface area (Å²) < 4.78 is 14.6. The minimum absolute atomic E-state index is 0.265. The maximum Gasteiger partial charge on any atom is 0.273 e. The van der Waals surface area contributed by atoms with Gasteiger partial charge in [0.2, 0.25) is 0 Å². The summed E-state index contributed by atoms with van der Waals surface area (Å²) >= 11 is 0. The lowest BCUT2D eigenvalue weighted by atomic mass is 10.7. The molecule has 0 aromatic rings. The Balaban J connectivity index is 3.57. The van der Waals surface area contributed by atoms with E-state index in [9.17, 15) is 0 Å². The number of rotatable bonds is 7. The van der Waals surface area contributed by atoms with Crippen molar-refractivity contribution < 1.29 is 14.2 Å². The van der Waals surface area contributed by atoms with Gasteiger partial charge in [0.15, 0.2) is 6.61 Å². The fourth-order valence-electron chi connectivity index (χ4n) is 0.472. The highest BCUT2D eigenvalue weighted by Crippen LogP contribution is 1.96. The summed E-state index contributed by atoms with van der Waals surface area (Å²) in [5, 5.41) is 0. The third kappa shape index (κ3) is 5.08. The van der Waals surface area contributed by atoms with Crippen LogP contribution in [-0.2, 0) is 14.2 Å². The Labute approximate surface area is 66.6 Å². The molecule has 0 amide bonds. The topological polar surface area (TPSA) is 27.7 Å². The quantitative estimate of drug-likeness (QED) is 0.415. The van der Waals surface area contributed by atoms with E-state index in [-0.39, 0.29) is 6.61 Å². The van der Waals surface area contributed by atoms with Crippen LogP contribution in [0.3, 0.4) is 0 Å². The van der Waals surface area contributed by atoms with Gasteiger partial charge in [0.05, 0.1) is 18.8 Å². The number of hydrogen-bond donors (Lipinski definition) is 0. The average molecular weight is 156 g/mol. The van der Waals surface area contributed by atoms with E-state index in [0.717, 1.165) is 0 Å². The summed E-state index contributed by atoms with van der Waals surface area (Å²) in [5.41, 5.74) is 0. The summed E-state index contributed by atoms with van der Waals surface area (Å²) in [6, 6.07) is 0. The SMILES string of the molecule is C=COCC(OC=C)OC=C. The molecule has 3 heteroatoms. The molecular weight excluding hydrogens is 144 g/mol. The Morgan fingerprint density at radius 3 is 1.91 bits per heavy atom. The molecule has 0 saturated carbocycles. The van der Waals surface area contributed by atoms with Crippen LogP contribution in [0.2, 0.25) is 0 Å². The number of hydrogen-bond acceptors (Lipinski definition) is 3. The summed E-state index contributed by atoms with van der Waals surface area (Å²) in [6.07, 6.45) is 3.37. The van der Waals surface area contributed by atoms with Gasteiger partial charge in [-0.25, -0.2) is 0 Å². The van der Waals surface area contributed by atoms with Crippen molar-refractivity contribution >= 4 is 0 Å². The lowest BCUT2D eigenvalue weighted by Crippen LogP contribution is -2.17. The summed E-state index contributed by atoms with van der Waals surface area (Å²) in [5.74, 6) is 0. The standard InChI is InChI=1S/C8H12O3/c1-4-9-7-8(10-5-2)11-6-3/h4-6,8H,1-3,7H2. The van der Waals surface area contributed by atoms with E-state index in [4.69, 9.17) is 14.2 Å². The van der Waals surface area contributed by atoms with Crippen LogP contribution >= 0.6 is 0 Å². The van der Waals surface area contributed by atoms with Crippen LogP contribution in [0.25, 0.3) is 0 Å². The molecule has 0 radical (unpaired) electrons. The first kappa shape index (κ1) is 9.62. The Morgan fingerprint density at radius 1 is 1.00 bits per heavy atom. The van der Waals surface area contributed by atoms with Gasteiger partial charge in [-0.3, -0.25) is 0 Å². The molecule has 0 aromatic heterocycles. The molecule has 0 bridgehead atoms. The van der Waals surface area contributed by atoms with Gasteiger partial charge in [0, 0.05) is 0 Å². The van der Waals surface area contributed by atoms with Crippen LogP contribution in [0.5, 0.6) is 0 Å². The van der Waals surface area contributed by atoms with Gasteiger partial charge in [-0.05, 0) is 0 Å². The van der Waals surface area contributed by atoms with Gasteiger partial charge in [-0.2, -0.15) is 0 Å². The third-order valence-corrected chi connectivity index (χ3v) is 0.846. The monoisotopic (exact) mass is 156 g/mol. The van der Waals surface area contributed by atoms with Gasteiger partial charge in [0.1, 0.15) is 0 Å². The van der Waals surface area contributed by atoms with E-state index in [1.807, 2.05) is 0 Å². The lowest BCUT2D eigenvalue weighted by molar-refractivity contribution is -0.0931. The predicted molar refractivity (Wildman–Crippen MR) is 42.5 cm³/mol. The number of ether oxygens (including phenoxy) is 3. The Kier molecular flexibility index (Phi) is 5.89. The fraction of sp³-hybridized carbons (Fsp3) is 0.250. The Hall–Kier alpha value is -1.38. The van der Waals surface area contributed by atoms with Gasteiger partial charge < -0.3 is 14.2 Å². The zero-order chi connectivity index (χ0) is 8.53. The van der Waals surface area contributed by atoms with Crippen LogP contribution in [0.1, 0.15) is 0 Å². The highest BCUT2D eigenvalue weighted by atomic mass is 16.7.